The number of aromatic nitrogens is 3. The first-order chi connectivity index (χ1) is 15.9. The van der Waals surface area contributed by atoms with Crippen LogP contribution in [0.2, 0.25) is 0 Å². The number of fused-ring (bicyclic) bond motifs is 1. The van der Waals surface area contributed by atoms with Crippen LogP contribution in [0.3, 0.4) is 0 Å². The molecule has 0 radical (unpaired) electrons. The number of nitrogen functional groups attached to an aromatic ring is 1. The fourth-order valence-electron chi connectivity index (χ4n) is 3.79. The van der Waals surface area contributed by atoms with Gasteiger partial charge in [-0.25, -0.2) is 14.4 Å². The molecule has 2 amide bonds. The Bertz CT molecular complexity index is 1340. The number of hydrogen-bond acceptors (Lipinski definition) is 7. The predicted octanol–water partition coefficient (Wildman–Crippen LogP) is 3.58. The van der Waals surface area contributed by atoms with Crippen molar-refractivity contribution in [1.29, 1.82) is 0 Å². The van der Waals surface area contributed by atoms with Crippen LogP contribution >= 0.6 is 22.7 Å². The van der Waals surface area contributed by atoms with Gasteiger partial charge >= 0.3 is 0 Å². The van der Waals surface area contributed by atoms with Gasteiger partial charge in [0.05, 0.1) is 10.6 Å². The number of hydrogen-bond donors (Lipinski definition) is 2. The Morgan fingerprint density at radius 3 is 2.76 bits per heavy atom. The number of thiazole rings is 2. The molecule has 0 spiro atoms. The third-order valence-corrected chi connectivity index (χ3v) is 7.18. The molecule has 33 heavy (non-hydrogen) atoms. The standard InChI is InChI=1S/C22H21FN6O2S2/c1-12-17(29-10-11-32-22(29)26-12)19(30)25-8-9-28(15-6-7-15)20(31)16-18(33-21(24)27-16)13-2-4-14(23)5-3-13/h2-5,10-11,15H,6-9H2,1H3,(H2,24,27)(H,25,30). The van der Waals surface area contributed by atoms with Crippen molar-refractivity contribution in [2.75, 3.05) is 18.8 Å². The minimum Gasteiger partial charge on any atom is -0.375 e. The third-order valence-electron chi connectivity index (χ3n) is 5.49. The molecular formula is C22H21FN6O2S2. The molecule has 8 nitrogen and oxygen atoms in total. The molecule has 3 N–H and O–H groups in total. The van der Waals surface area contributed by atoms with E-state index in [0.29, 0.717) is 34.9 Å². The van der Waals surface area contributed by atoms with Gasteiger partial charge in [0, 0.05) is 30.7 Å². The van der Waals surface area contributed by atoms with E-state index < -0.39 is 0 Å². The van der Waals surface area contributed by atoms with Gasteiger partial charge in [-0.05, 0) is 37.5 Å². The predicted molar refractivity (Wildman–Crippen MR) is 126 cm³/mol. The van der Waals surface area contributed by atoms with Gasteiger partial charge in [-0.1, -0.05) is 23.5 Å². The van der Waals surface area contributed by atoms with Gasteiger partial charge in [0.1, 0.15) is 17.2 Å². The highest BCUT2D eigenvalue weighted by atomic mass is 32.1. The van der Waals surface area contributed by atoms with Crippen molar-refractivity contribution in [3.05, 3.63) is 58.7 Å². The van der Waals surface area contributed by atoms with E-state index in [4.69, 9.17) is 5.73 Å². The topological polar surface area (TPSA) is 106 Å². The van der Waals surface area contributed by atoms with Gasteiger partial charge in [-0.15, -0.1) is 11.3 Å². The zero-order valence-electron chi connectivity index (χ0n) is 17.7. The second-order valence-corrected chi connectivity index (χ2v) is 9.73. The fraction of sp³-hybridized carbons (Fsp3) is 0.273. The molecule has 1 saturated carbocycles. The summed E-state index contributed by atoms with van der Waals surface area (Å²) >= 11 is 2.67. The Hall–Kier alpha value is -3.31. The maximum Gasteiger partial charge on any atom is 0.274 e. The molecule has 3 aromatic heterocycles. The number of carbonyl (C=O) groups is 2. The first kappa shape index (κ1) is 21.5. The molecule has 5 rings (SSSR count). The van der Waals surface area contributed by atoms with Crippen LogP contribution in [0.1, 0.15) is 39.5 Å². The molecule has 1 aliphatic carbocycles. The maximum absolute atomic E-state index is 13.4. The molecule has 0 unspecified atom stereocenters. The number of halogens is 1. The van der Waals surface area contributed by atoms with Crippen LogP contribution in [-0.4, -0.2) is 50.2 Å². The number of nitrogens with one attached hydrogen (secondary N) is 1. The second kappa shape index (κ2) is 8.56. The van der Waals surface area contributed by atoms with Gasteiger partial charge in [0.2, 0.25) is 0 Å². The van der Waals surface area contributed by atoms with Crippen molar-refractivity contribution in [3.63, 3.8) is 0 Å². The van der Waals surface area contributed by atoms with Crippen LogP contribution in [-0.2, 0) is 0 Å². The molecule has 0 aliphatic heterocycles. The summed E-state index contributed by atoms with van der Waals surface area (Å²) in [6.07, 6.45) is 3.63. The van der Waals surface area contributed by atoms with Crippen molar-refractivity contribution in [3.8, 4) is 10.4 Å². The number of imidazole rings is 1. The van der Waals surface area contributed by atoms with Crippen molar-refractivity contribution in [1.82, 2.24) is 24.6 Å². The quantitative estimate of drug-likeness (QED) is 0.417. The molecule has 170 valence electrons. The van der Waals surface area contributed by atoms with Crippen molar-refractivity contribution >= 4 is 44.6 Å². The lowest BCUT2D eigenvalue weighted by atomic mass is 10.1. The zero-order valence-corrected chi connectivity index (χ0v) is 19.4. The summed E-state index contributed by atoms with van der Waals surface area (Å²) in [4.78, 5) is 38.0. The van der Waals surface area contributed by atoms with E-state index in [1.807, 2.05) is 11.6 Å². The lowest BCUT2D eigenvalue weighted by Crippen LogP contribution is -2.40. The highest BCUT2D eigenvalue weighted by Gasteiger charge is 2.35. The largest absolute Gasteiger partial charge is 0.375 e. The lowest BCUT2D eigenvalue weighted by Gasteiger charge is -2.22. The van der Waals surface area contributed by atoms with Gasteiger partial charge in [-0.3, -0.25) is 14.0 Å². The van der Waals surface area contributed by atoms with Crippen LogP contribution in [0.4, 0.5) is 9.52 Å². The smallest absolute Gasteiger partial charge is 0.274 e. The first-order valence-electron chi connectivity index (χ1n) is 10.5. The second-order valence-electron chi connectivity index (χ2n) is 7.82. The summed E-state index contributed by atoms with van der Waals surface area (Å²) in [5.41, 5.74) is 8.03. The summed E-state index contributed by atoms with van der Waals surface area (Å²) < 4.78 is 15.1. The Labute approximate surface area is 196 Å². The Morgan fingerprint density at radius 2 is 2.03 bits per heavy atom. The number of amides is 2. The number of nitrogens with two attached hydrogens (primary N) is 1. The van der Waals surface area contributed by atoms with E-state index in [-0.39, 0.29) is 34.5 Å². The molecule has 0 bridgehead atoms. The van der Waals surface area contributed by atoms with Crippen LogP contribution in [0.25, 0.3) is 15.4 Å². The number of carbonyl (C=O) groups excluding carboxylic acids is 2. The first-order valence-corrected chi connectivity index (χ1v) is 12.2. The minimum atomic E-state index is -0.354. The Morgan fingerprint density at radius 1 is 1.27 bits per heavy atom. The third kappa shape index (κ3) is 4.21. The Kier molecular flexibility index (Phi) is 5.59. The molecule has 0 saturated heterocycles. The van der Waals surface area contributed by atoms with E-state index in [9.17, 15) is 14.0 Å². The highest BCUT2D eigenvalue weighted by Crippen LogP contribution is 2.35. The van der Waals surface area contributed by atoms with Gasteiger partial charge < -0.3 is 16.0 Å². The summed E-state index contributed by atoms with van der Waals surface area (Å²) in [7, 11) is 0. The molecule has 1 aliphatic rings. The van der Waals surface area contributed by atoms with E-state index in [1.165, 1.54) is 34.8 Å². The minimum absolute atomic E-state index is 0.110. The van der Waals surface area contributed by atoms with Gasteiger partial charge in [-0.2, -0.15) is 0 Å². The number of aryl methyl sites for hydroxylation is 1. The van der Waals surface area contributed by atoms with Gasteiger partial charge in [0.15, 0.2) is 10.1 Å². The SMILES string of the molecule is Cc1nc2sccn2c1C(=O)NCCN(C(=O)c1nc(N)sc1-c1ccc(F)cc1)C1CC1. The molecule has 3 heterocycles. The van der Waals surface area contributed by atoms with E-state index in [2.05, 4.69) is 15.3 Å². The van der Waals surface area contributed by atoms with Crippen LogP contribution in [0.5, 0.6) is 0 Å². The fourth-order valence-corrected chi connectivity index (χ4v) is 5.38. The average molecular weight is 485 g/mol. The van der Waals surface area contributed by atoms with E-state index in [0.717, 1.165) is 17.8 Å². The summed E-state index contributed by atoms with van der Waals surface area (Å²) in [6, 6.07) is 6.02. The van der Waals surface area contributed by atoms with E-state index in [1.54, 1.807) is 28.4 Å². The van der Waals surface area contributed by atoms with Crippen molar-refractivity contribution in [2.24, 2.45) is 0 Å². The maximum atomic E-state index is 13.4. The normalized spacial score (nSPS) is 13.4. The number of nitrogens with zero attached hydrogens (tertiary/aromatic N) is 4. The zero-order chi connectivity index (χ0) is 23.1. The summed E-state index contributed by atoms with van der Waals surface area (Å²) in [6.45, 7) is 2.45. The number of rotatable bonds is 7. The van der Waals surface area contributed by atoms with Crippen LogP contribution in [0, 0.1) is 12.7 Å². The number of benzene rings is 1. The average Bonchev–Trinajstić information content (AvgIpc) is 3.27. The van der Waals surface area contributed by atoms with Gasteiger partial charge in [0.25, 0.3) is 11.8 Å². The van der Waals surface area contributed by atoms with Crippen molar-refractivity contribution < 1.29 is 14.0 Å². The highest BCUT2D eigenvalue weighted by molar-refractivity contribution is 7.19. The molecule has 4 aromatic rings. The number of anilines is 1. The summed E-state index contributed by atoms with van der Waals surface area (Å²) in [5, 5.41) is 5.07. The van der Waals surface area contributed by atoms with Crippen LogP contribution in [0.15, 0.2) is 35.8 Å². The molecule has 11 heteroatoms. The summed E-state index contributed by atoms with van der Waals surface area (Å²) in [5.74, 6) is -0.820. The van der Waals surface area contributed by atoms with Crippen LogP contribution < -0.4 is 11.1 Å². The van der Waals surface area contributed by atoms with E-state index >= 15 is 0 Å². The molecule has 0 atom stereocenters. The lowest BCUT2D eigenvalue weighted by molar-refractivity contribution is 0.0732. The Balaban J connectivity index is 1.31. The molecule has 1 aromatic carbocycles. The monoisotopic (exact) mass is 484 g/mol. The molecular weight excluding hydrogens is 463 g/mol. The van der Waals surface area contributed by atoms with Crippen molar-refractivity contribution in [2.45, 2.75) is 25.8 Å². The molecule has 1 fully saturated rings.